The van der Waals surface area contributed by atoms with E-state index in [0.29, 0.717) is 12.0 Å². The average Bonchev–Trinajstić information content (AvgIpc) is 3.28. The Morgan fingerprint density at radius 2 is 1.77 bits per heavy atom. The lowest BCUT2D eigenvalue weighted by Gasteiger charge is -2.10. The monoisotopic (exact) mass is 512 g/mol. The van der Waals surface area contributed by atoms with E-state index in [1.54, 1.807) is 0 Å². The Kier molecular flexibility index (Phi) is 7.31. The molecule has 1 fully saturated rings. The SMILES string of the molecule is O=C(NCCCCl)c1cc(NC(=O)[C@H]2[C@H](c3ccc(F)c(Cl)c3)C2(Cl)Cl)cc(F)c1F. The number of amides is 2. The molecular formula is C20H15Cl4F3N2O2. The Morgan fingerprint density at radius 1 is 1.06 bits per heavy atom. The molecule has 166 valence electrons. The molecule has 2 N–H and O–H groups in total. The van der Waals surface area contributed by atoms with Gasteiger partial charge in [0.1, 0.15) is 10.2 Å². The molecule has 0 aromatic heterocycles. The van der Waals surface area contributed by atoms with Gasteiger partial charge < -0.3 is 10.6 Å². The molecule has 31 heavy (non-hydrogen) atoms. The number of hydrogen-bond donors (Lipinski definition) is 2. The van der Waals surface area contributed by atoms with Crippen molar-refractivity contribution in [1.29, 1.82) is 0 Å². The molecule has 2 amide bonds. The third-order valence-corrected chi connectivity index (χ3v) is 6.27. The van der Waals surface area contributed by atoms with E-state index in [4.69, 9.17) is 46.4 Å². The number of carbonyl (C=O) groups is 2. The average molecular weight is 514 g/mol. The van der Waals surface area contributed by atoms with E-state index in [0.717, 1.165) is 18.2 Å². The molecule has 0 unspecified atom stereocenters. The van der Waals surface area contributed by atoms with Gasteiger partial charge in [-0.3, -0.25) is 9.59 Å². The highest BCUT2D eigenvalue weighted by atomic mass is 35.5. The van der Waals surface area contributed by atoms with Crippen molar-refractivity contribution in [3.05, 3.63) is 63.9 Å². The fraction of sp³-hybridized carbons (Fsp3) is 0.300. The predicted molar refractivity (Wildman–Crippen MR) is 115 cm³/mol. The van der Waals surface area contributed by atoms with Gasteiger partial charge >= 0.3 is 0 Å². The van der Waals surface area contributed by atoms with Crippen molar-refractivity contribution < 1.29 is 22.8 Å². The fourth-order valence-corrected chi connectivity index (χ4v) is 4.33. The Bertz CT molecular complexity index is 1040. The molecule has 1 aliphatic rings. The Morgan fingerprint density at radius 3 is 2.42 bits per heavy atom. The Labute approximate surface area is 196 Å². The lowest BCUT2D eigenvalue weighted by atomic mass is 10.1. The summed E-state index contributed by atoms with van der Waals surface area (Å²) in [6.07, 6.45) is 0.442. The van der Waals surface area contributed by atoms with E-state index in [1.807, 2.05) is 0 Å². The second kappa shape index (κ2) is 9.45. The van der Waals surface area contributed by atoms with Crippen molar-refractivity contribution in [2.45, 2.75) is 16.7 Å². The molecule has 2 aromatic carbocycles. The Hall–Kier alpha value is -1.67. The molecule has 0 radical (unpaired) electrons. The number of anilines is 1. The van der Waals surface area contributed by atoms with Crippen molar-refractivity contribution in [2.24, 2.45) is 5.92 Å². The third-order valence-electron chi connectivity index (χ3n) is 4.78. The van der Waals surface area contributed by atoms with E-state index in [-0.39, 0.29) is 23.1 Å². The van der Waals surface area contributed by atoms with Crippen LogP contribution in [0.5, 0.6) is 0 Å². The number of rotatable bonds is 7. The van der Waals surface area contributed by atoms with Gasteiger partial charge in [0.2, 0.25) is 5.91 Å². The van der Waals surface area contributed by atoms with E-state index in [9.17, 15) is 22.8 Å². The molecule has 0 heterocycles. The topological polar surface area (TPSA) is 58.2 Å². The first-order valence-electron chi connectivity index (χ1n) is 9.04. The number of hydrogen-bond acceptors (Lipinski definition) is 2. The van der Waals surface area contributed by atoms with E-state index in [2.05, 4.69) is 10.6 Å². The second-order valence-electron chi connectivity index (χ2n) is 6.91. The van der Waals surface area contributed by atoms with Crippen LogP contribution in [0.2, 0.25) is 5.02 Å². The largest absolute Gasteiger partial charge is 0.352 e. The number of nitrogens with one attached hydrogen (secondary N) is 2. The van der Waals surface area contributed by atoms with Gasteiger partial charge in [-0.25, -0.2) is 13.2 Å². The van der Waals surface area contributed by atoms with Crippen LogP contribution in [-0.4, -0.2) is 28.6 Å². The molecule has 0 saturated heterocycles. The van der Waals surface area contributed by atoms with Crippen LogP contribution in [0.25, 0.3) is 0 Å². The number of carbonyl (C=O) groups excluding carboxylic acids is 2. The molecule has 0 aliphatic heterocycles. The quantitative estimate of drug-likeness (QED) is 0.371. The lowest BCUT2D eigenvalue weighted by molar-refractivity contribution is -0.117. The van der Waals surface area contributed by atoms with Crippen molar-refractivity contribution in [1.82, 2.24) is 5.32 Å². The molecular weight excluding hydrogens is 499 g/mol. The number of alkyl halides is 3. The first-order chi connectivity index (χ1) is 14.6. The standard InChI is InChI=1S/C20H15Cl4F3N2O2/c21-4-1-5-28-18(30)11-7-10(8-14(26)17(11)27)29-19(31)16-15(20(16,23)24)9-2-3-13(25)12(22)6-9/h2-3,6-8,15-16H,1,4-5H2,(H,28,30)(H,29,31)/t15-,16+/m0/s1. The summed E-state index contributed by atoms with van der Waals surface area (Å²) in [5.74, 6) is -6.23. The van der Waals surface area contributed by atoms with Crippen LogP contribution in [0.3, 0.4) is 0 Å². The number of halogens is 7. The second-order valence-corrected chi connectivity index (χ2v) is 9.14. The maximum Gasteiger partial charge on any atom is 0.254 e. The fourth-order valence-electron chi connectivity index (χ4n) is 3.18. The van der Waals surface area contributed by atoms with Crippen LogP contribution in [0, 0.1) is 23.4 Å². The Balaban J connectivity index is 1.78. The van der Waals surface area contributed by atoms with Crippen LogP contribution in [0.15, 0.2) is 30.3 Å². The van der Waals surface area contributed by atoms with E-state index >= 15 is 0 Å². The normalized spacial score (nSPS) is 19.1. The maximum absolute atomic E-state index is 14.1. The highest BCUT2D eigenvalue weighted by molar-refractivity contribution is 6.53. The van der Waals surface area contributed by atoms with Crippen LogP contribution >= 0.6 is 46.4 Å². The maximum atomic E-state index is 14.1. The minimum atomic E-state index is -1.51. The van der Waals surface area contributed by atoms with E-state index in [1.165, 1.54) is 12.1 Å². The summed E-state index contributed by atoms with van der Waals surface area (Å²) in [6, 6.07) is 5.58. The number of benzene rings is 2. The zero-order valence-corrected chi connectivity index (χ0v) is 18.6. The molecule has 1 aliphatic carbocycles. The zero-order valence-electron chi connectivity index (χ0n) is 15.6. The summed E-state index contributed by atoms with van der Waals surface area (Å²) in [4.78, 5) is 24.8. The molecule has 2 aromatic rings. The van der Waals surface area contributed by atoms with Crippen molar-refractivity contribution in [3.63, 3.8) is 0 Å². The van der Waals surface area contributed by atoms with E-state index < -0.39 is 51.0 Å². The van der Waals surface area contributed by atoms with Crippen LogP contribution in [-0.2, 0) is 4.79 Å². The summed E-state index contributed by atoms with van der Waals surface area (Å²) < 4.78 is 40.0. The minimum Gasteiger partial charge on any atom is -0.352 e. The van der Waals surface area contributed by atoms with Gasteiger partial charge in [0.15, 0.2) is 11.6 Å². The van der Waals surface area contributed by atoms with Gasteiger partial charge in [-0.15, -0.1) is 34.8 Å². The van der Waals surface area contributed by atoms with Gasteiger partial charge in [0.05, 0.1) is 16.5 Å². The first kappa shape index (κ1) is 24.0. The van der Waals surface area contributed by atoms with Crippen molar-refractivity contribution in [2.75, 3.05) is 17.7 Å². The van der Waals surface area contributed by atoms with Gasteiger partial charge in [0.25, 0.3) is 5.91 Å². The molecule has 3 rings (SSSR count). The zero-order chi connectivity index (χ0) is 22.9. The molecule has 4 nitrogen and oxygen atoms in total. The molecule has 2 atom stereocenters. The summed E-state index contributed by atoms with van der Waals surface area (Å²) >= 11 is 23.8. The third kappa shape index (κ3) is 5.06. The lowest BCUT2D eigenvalue weighted by Crippen LogP contribution is -2.26. The molecule has 0 spiro atoms. The van der Waals surface area contributed by atoms with Crippen LogP contribution in [0.1, 0.15) is 28.3 Å². The summed E-state index contributed by atoms with van der Waals surface area (Å²) in [5, 5.41) is 4.65. The predicted octanol–water partition coefficient (Wildman–Crippen LogP) is 5.64. The first-order valence-corrected chi connectivity index (χ1v) is 10.7. The minimum absolute atomic E-state index is 0.154. The molecule has 0 bridgehead atoms. The highest BCUT2D eigenvalue weighted by Gasteiger charge is 2.67. The van der Waals surface area contributed by atoms with Gasteiger partial charge in [-0.1, -0.05) is 17.7 Å². The van der Waals surface area contributed by atoms with Gasteiger partial charge in [-0.05, 0) is 30.2 Å². The van der Waals surface area contributed by atoms with Crippen LogP contribution < -0.4 is 10.6 Å². The summed E-state index contributed by atoms with van der Waals surface area (Å²) in [6.45, 7) is 0.172. The van der Waals surface area contributed by atoms with Crippen molar-refractivity contribution >= 4 is 63.9 Å². The summed E-state index contributed by atoms with van der Waals surface area (Å²) in [5.41, 5.74) is -0.287. The van der Waals surface area contributed by atoms with Crippen molar-refractivity contribution in [3.8, 4) is 0 Å². The molecule has 11 heteroatoms. The highest BCUT2D eigenvalue weighted by Crippen LogP contribution is 2.65. The van der Waals surface area contributed by atoms with Gasteiger partial charge in [0, 0.05) is 30.1 Å². The molecule has 1 saturated carbocycles. The van der Waals surface area contributed by atoms with Gasteiger partial charge in [-0.2, -0.15) is 0 Å². The smallest absolute Gasteiger partial charge is 0.254 e. The van der Waals surface area contributed by atoms with Crippen LogP contribution in [0.4, 0.5) is 18.9 Å². The summed E-state index contributed by atoms with van der Waals surface area (Å²) in [7, 11) is 0.